The van der Waals surface area contributed by atoms with E-state index in [0.29, 0.717) is 11.3 Å². The van der Waals surface area contributed by atoms with E-state index >= 15 is 0 Å². The van der Waals surface area contributed by atoms with E-state index < -0.39 is 29.8 Å². The van der Waals surface area contributed by atoms with Crippen molar-refractivity contribution in [3.8, 4) is 5.75 Å². The summed E-state index contributed by atoms with van der Waals surface area (Å²) < 4.78 is 18.2. The molecule has 148 valence electrons. The molecule has 0 aliphatic rings. The van der Waals surface area contributed by atoms with Gasteiger partial charge in [0.05, 0.1) is 13.2 Å². The van der Waals surface area contributed by atoms with Crippen LogP contribution >= 0.6 is 0 Å². The molecule has 2 rings (SSSR count). The fourth-order valence-corrected chi connectivity index (χ4v) is 2.40. The molecule has 0 radical (unpaired) electrons. The summed E-state index contributed by atoms with van der Waals surface area (Å²) in [5.74, 6) is -0.634. The minimum Gasteiger partial charge on any atom is -0.497 e. The Kier molecular flexibility index (Phi) is 7.71. The first-order chi connectivity index (χ1) is 13.4. The molecule has 0 bridgehead atoms. The zero-order chi connectivity index (χ0) is 20.5. The molecular formula is C21H23FN2O4. The molecule has 0 spiro atoms. The standard InChI is InChI=1S/C21H23FN2O4/c1-14(21(27)23-13-19(25)16-4-3-5-17(22)12-16)24-20(26)11-8-15-6-9-18(28-2)10-7-15/h3-12,14,19,25H,13H2,1-2H3,(H,23,27)(H,24,26)/b11-8+. The highest BCUT2D eigenvalue weighted by Gasteiger charge is 2.16. The van der Waals surface area contributed by atoms with Crippen LogP contribution in [0.5, 0.6) is 5.75 Å². The topological polar surface area (TPSA) is 87.7 Å². The van der Waals surface area contributed by atoms with Crippen LogP contribution in [0.2, 0.25) is 0 Å². The van der Waals surface area contributed by atoms with Crippen LogP contribution in [0.25, 0.3) is 6.08 Å². The first kappa shape index (κ1) is 21.1. The molecule has 0 aliphatic heterocycles. The van der Waals surface area contributed by atoms with Crippen LogP contribution in [-0.4, -0.2) is 36.6 Å². The lowest BCUT2D eigenvalue weighted by Crippen LogP contribution is -2.45. The molecule has 7 heteroatoms. The summed E-state index contributed by atoms with van der Waals surface area (Å²) in [5.41, 5.74) is 1.17. The third-order valence-electron chi connectivity index (χ3n) is 4.00. The maximum atomic E-state index is 13.2. The van der Waals surface area contributed by atoms with E-state index in [0.717, 1.165) is 5.56 Å². The lowest BCUT2D eigenvalue weighted by molar-refractivity contribution is -0.126. The highest BCUT2D eigenvalue weighted by atomic mass is 19.1. The molecule has 0 saturated carbocycles. The molecule has 0 saturated heterocycles. The summed E-state index contributed by atoms with van der Waals surface area (Å²) in [4.78, 5) is 24.0. The lowest BCUT2D eigenvalue weighted by Gasteiger charge is -2.16. The summed E-state index contributed by atoms with van der Waals surface area (Å²) in [6.07, 6.45) is 1.90. The van der Waals surface area contributed by atoms with Gasteiger partial charge in [0.15, 0.2) is 0 Å². The van der Waals surface area contributed by atoms with Crippen molar-refractivity contribution in [1.82, 2.24) is 10.6 Å². The van der Waals surface area contributed by atoms with Crippen molar-refractivity contribution in [3.63, 3.8) is 0 Å². The molecule has 2 amide bonds. The predicted octanol–water partition coefficient (Wildman–Crippen LogP) is 2.20. The Morgan fingerprint density at radius 3 is 2.57 bits per heavy atom. The molecular weight excluding hydrogens is 363 g/mol. The van der Waals surface area contributed by atoms with Crippen molar-refractivity contribution < 1.29 is 23.8 Å². The minimum atomic E-state index is -1.04. The SMILES string of the molecule is COc1ccc(/C=C/C(=O)NC(C)C(=O)NCC(O)c2cccc(F)c2)cc1. The number of carbonyl (C=O) groups excluding carboxylic acids is 2. The molecule has 2 unspecified atom stereocenters. The second-order valence-corrected chi connectivity index (χ2v) is 6.15. The summed E-state index contributed by atoms with van der Waals surface area (Å²) >= 11 is 0. The monoisotopic (exact) mass is 386 g/mol. The van der Waals surface area contributed by atoms with Gasteiger partial charge in [0.1, 0.15) is 17.6 Å². The molecule has 3 N–H and O–H groups in total. The Labute approximate surface area is 163 Å². The van der Waals surface area contributed by atoms with E-state index in [1.165, 1.54) is 31.2 Å². The smallest absolute Gasteiger partial charge is 0.244 e. The maximum absolute atomic E-state index is 13.2. The van der Waals surface area contributed by atoms with Gasteiger partial charge in [-0.2, -0.15) is 0 Å². The summed E-state index contributed by atoms with van der Waals surface area (Å²) in [6.45, 7) is 1.44. The van der Waals surface area contributed by atoms with Crippen molar-refractivity contribution in [1.29, 1.82) is 0 Å². The van der Waals surface area contributed by atoms with Gasteiger partial charge in [-0.3, -0.25) is 9.59 Å². The summed E-state index contributed by atoms with van der Waals surface area (Å²) in [7, 11) is 1.57. The Balaban J connectivity index is 1.80. The average molecular weight is 386 g/mol. The van der Waals surface area contributed by atoms with Crippen molar-refractivity contribution >= 4 is 17.9 Å². The zero-order valence-electron chi connectivity index (χ0n) is 15.7. The third kappa shape index (κ3) is 6.51. The second-order valence-electron chi connectivity index (χ2n) is 6.15. The number of aliphatic hydroxyl groups is 1. The molecule has 0 fully saturated rings. The van der Waals surface area contributed by atoms with Crippen LogP contribution in [-0.2, 0) is 9.59 Å². The Bertz CT molecular complexity index is 837. The fraction of sp³-hybridized carbons (Fsp3) is 0.238. The molecule has 2 atom stereocenters. The molecule has 2 aromatic rings. The number of ether oxygens (including phenoxy) is 1. The first-order valence-corrected chi connectivity index (χ1v) is 8.73. The fourth-order valence-electron chi connectivity index (χ4n) is 2.40. The number of hydrogen-bond donors (Lipinski definition) is 3. The van der Waals surface area contributed by atoms with Crippen LogP contribution < -0.4 is 15.4 Å². The maximum Gasteiger partial charge on any atom is 0.244 e. The lowest BCUT2D eigenvalue weighted by atomic mass is 10.1. The van der Waals surface area contributed by atoms with Gasteiger partial charge < -0.3 is 20.5 Å². The molecule has 28 heavy (non-hydrogen) atoms. The van der Waals surface area contributed by atoms with Crippen molar-refractivity contribution in [2.24, 2.45) is 0 Å². The number of aliphatic hydroxyl groups excluding tert-OH is 1. The van der Waals surface area contributed by atoms with Gasteiger partial charge in [0.25, 0.3) is 0 Å². The van der Waals surface area contributed by atoms with Crippen LogP contribution in [0, 0.1) is 5.82 Å². The number of halogens is 1. The quantitative estimate of drug-likeness (QED) is 0.607. The van der Waals surface area contributed by atoms with Crippen LogP contribution in [0.1, 0.15) is 24.2 Å². The average Bonchev–Trinajstić information content (AvgIpc) is 2.70. The zero-order valence-corrected chi connectivity index (χ0v) is 15.7. The molecule has 0 aromatic heterocycles. The summed E-state index contributed by atoms with van der Waals surface area (Å²) in [6, 6.07) is 11.9. The van der Waals surface area contributed by atoms with E-state index in [1.807, 2.05) is 0 Å². The van der Waals surface area contributed by atoms with E-state index in [2.05, 4.69) is 10.6 Å². The molecule has 6 nitrogen and oxygen atoms in total. The van der Waals surface area contributed by atoms with E-state index in [1.54, 1.807) is 43.5 Å². The highest BCUT2D eigenvalue weighted by molar-refractivity contribution is 5.95. The molecule has 0 heterocycles. The molecule has 0 aliphatic carbocycles. The highest BCUT2D eigenvalue weighted by Crippen LogP contribution is 2.13. The van der Waals surface area contributed by atoms with Crippen LogP contribution in [0.15, 0.2) is 54.6 Å². The number of carbonyl (C=O) groups is 2. The van der Waals surface area contributed by atoms with E-state index in [9.17, 15) is 19.1 Å². The minimum absolute atomic E-state index is 0.0931. The van der Waals surface area contributed by atoms with Crippen LogP contribution in [0.3, 0.4) is 0 Å². The van der Waals surface area contributed by atoms with Gasteiger partial charge >= 0.3 is 0 Å². The van der Waals surface area contributed by atoms with Crippen molar-refractivity contribution in [2.75, 3.05) is 13.7 Å². The Morgan fingerprint density at radius 1 is 1.21 bits per heavy atom. The number of rotatable bonds is 8. The summed E-state index contributed by atoms with van der Waals surface area (Å²) in [5, 5.41) is 15.1. The van der Waals surface area contributed by atoms with Gasteiger partial charge in [-0.1, -0.05) is 24.3 Å². The Hall–Kier alpha value is -3.19. The van der Waals surface area contributed by atoms with Crippen molar-refractivity contribution in [3.05, 3.63) is 71.6 Å². The Morgan fingerprint density at radius 2 is 1.93 bits per heavy atom. The largest absolute Gasteiger partial charge is 0.497 e. The van der Waals surface area contributed by atoms with Gasteiger partial charge in [-0.05, 0) is 48.4 Å². The van der Waals surface area contributed by atoms with Crippen molar-refractivity contribution in [2.45, 2.75) is 19.1 Å². The normalized spacial score (nSPS) is 13.0. The van der Waals surface area contributed by atoms with Gasteiger partial charge in [0, 0.05) is 12.6 Å². The first-order valence-electron chi connectivity index (χ1n) is 8.73. The second kappa shape index (κ2) is 10.2. The number of benzene rings is 2. The van der Waals surface area contributed by atoms with Gasteiger partial charge in [-0.25, -0.2) is 4.39 Å². The van der Waals surface area contributed by atoms with Gasteiger partial charge in [0.2, 0.25) is 11.8 Å². The number of nitrogens with one attached hydrogen (secondary N) is 2. The van der Waals surface area contributed by atoms with Gasteiger partial charge in [-0.15, -0.1) is 0 Å². The number of amides is 2. The number of methoxy groups -OCH3 is 1. The third-order valence-corrected chi connectivity index (χ3v) is 4.00. The van der Waals surface area contributed by atoms with Crippen LogP contribution in [0.4, 0.5) is 4.39 Å². The predicted molar refractivity (Wildman–Crippen MR) is 104 cm³/mol. The van der Waals surface area contributed by atoms with E-state index in [4.69, 9.17) is 4.74 Å². The number of hydrogen-bond acceptors (Lipinski definition) is 4. The molecule has 2 aromatic carbocycles. The van der Waals surface area contributed by atoms with E-state index in [-0.39, 0.29) is 6.54 Å².